The molecule has 1 aromatic heterocycles. The van der Waals surface area contributed by atoms with Crippen molar-refractivity contribution in [1.29, 1.82) is 0 Å². The lowest BCUT2D eigenvalue weighted by Gasteiger charge is -2.30. The van der Waals surface area contributed by atoms with Gasteiger partial charge < -0.3 is 20.3 Å². The number of rotatable bonds is 8. The summed E-state index contributed by atoms with van der Waals surface area (Å²) in [6, 6.07) is 11.5. The van der Waals surface area contributed by atoms with Gasteiger partial charge >= 0.3 is 0 Å². The van der Waals surface area contributed by atoms with Crippen molar-refractivity contribution in [2.45, 2.75) is 26.2 Å². The number of anilines is 3. The SMILES string of the molecule is CCCCCNc1ccc(C(=O)Nc2ccccc2N2CCOCC2)nc1. The van der Waals surface area contributed by atoms with Gasteiger partial charge in [0.25, 0.3) is 5.91 Å². The van der Waals surface area contributed by atoms with Crippen LogP contribution in [0, 0.1) is 0 Å². The molecule has 6 heteroatoms. The van der Waals surface area contributed by atoms with Crippen molar-refractivity contribution in [3.05, 3.63) is 48.3 Å². The van der Waals surface area contributed by atoms with Gasteiger partial charge in [-0.3, -0.25) is 4.79 Å². The van der Waals surface area contributed by atoms with Gasteiger partial charge in [-0.2, -0.15) is 0 Å². The summed E-state index contributed by atoms with van der Waals surface area (Å²) in [6.45, 7) is 6.17. The molecule has 1 saturated heterocycles. The van der Waals surface area contributed by atoms with E-state index in [0.717, 1.165) is 43.1 Å². The first-order valence-electron chi connectivity index (χ1n) is 9.71. The Morgan fingerprint density at radius 1 is 1.15 bits per heavy atom. The van der Waals surface area contributed by atoms with Crippen LogP contribution in [0.2, 0.25) is 0 Å². The van der Waals surface area contributed by atoms with E-state index in [1.54, 1.807) is 12.3 Å². The van der Waals surface area contributed by atoms with Crippen molar-refractivity contribution in [2.75, 3.05) is 48.4 Å². The van der Waals surface area contributed by atoms with Crippen LogP contribution >= 0.6 is 0 Å². The molecule has 144 valence electrons. The van der Waals surface area contributed by atoms with Crippen molar-refractivity contribution in [3.8, 4) is 0 Å². The molecule has 27 heavy (non-hydrogen) atoms. The molecule has 2 N–H and O–H groups in total. The van der Waals surface area contributed by atoms with E-state index < -0.39 is 0 Å². The lowest BCUT2D eigenvalue weighted by molar-refractivity contribution is 0.102. The van der Waals surface area contributed by atoms with Gasteiger partial charge in [0.15, 0.2) is 0 Å². The number of hydrogen-bond donors (Lipinski definition) is 2. The van der Waals surface area contributed by atoms with Crippen molar-refractivity contribution in [3.63, 3.8) is 0 Å². The molecular weight excluding hydrogens is 340 g/mol. The number of ether oxygens (including phenoxy) is 1. The van der Waals surface area contributed by atoms with Crippen molar-refractivity contribution < 1.29 is 9.53 Å². The van der Waals surface area contributed by atoms with Gasteiger partial charge in [0, 0.05) is 19.6 Å². The summed E-state index contributed by atoms with van der Waals surface area (Å²) >= 11 is 0. The molecule has 0 atom stereocenters. The third kappa shape index (κ3) is 5.44. The number of aromatic nitrogens is 1. The van der Waals surface area contributed by atoms with Crippen LogP contribution in [0.25, 0.3) is 0 Å². The Morgan fingerprint density at radius 2 is 1.96 bits per heavy atom. The Kier molecular flexibility index (Phi) is 7.04. The Balaban J connectivity index is 1.62. The number of hydrogen-bond acceptors (Lipinski definition) is 5. The molecule has 0 radical (unpaired) electrons. The molecule has 6 nitrogen and oxygen atoms in total. The third-order valence-corrected chi connectivity index (χ3v) is 4.61. The smallest absolute Gasteiger partial charge is 0.274 e. The average Bonchev–Trinajstić information content (AvgIpc) is 2.73. The van der Waals surface area contributed by atoms with E-state index in [1.165, 1.54) is 12.8 Å². The van der Waals surface area contributed by atoms with Gasteiger partial charge in [-0.05, 0) is 30.7 Å². The monoisotopic (exact) mass is 368 g/mol. The maximum atomic E-state index is 12.6. The third-order valence-electron chi connectivity index (χ3n) is 4.61. The molecule has 1 aliphatic rings. The summed E-state index contributed by atoms with van der Waals surface area (Å²) in [6.07, 6.45) is 5.26. The maximum absolute atomic E-state index is 12.6. The first-order valence-corrected chi connectivity index (χ1v) is 9.71. The number of para-hydroxylation sites is 2. The topological polar surface area (TPSA) is 66.5 Å². The Morgan fingerprint density at radius 3 is 2.70 bits per heavy atom. The summed E-state index contributed by atoms with van der Waals surface area (Å²) in [4.78, 5) is 19.2. The van der Waals surface area contributed by atoms with Gasteiger partial charge in [-0.25, -0.2) is 4.98 Å². The summed E-state index contributed by atoms with van der Waals surface area (Å²) in [5.74, 6) is -0.201. The highest BCUT2D eigenvalue weighted by atomic mass is 16.5. The molecule has 1 fully saturated rings. The van der Waals surface area contributed by atoms with Crippen LogP contribution < -0.4 is 15.5 Å². The second-order valence-corrected chi connectivity index (χ2v) is 6.64. The standard InChI is InChI=1S/C21H28N4O2/c1-2-3-6-11-22-17-9-10-19(23-16-17)21(26)24-18-7-4-5-8-20(18)25-12-14-27-15-13-25/h4-5,7-10,16,22H,2-3,6,11-15H2,1H3,(H,24,26). The Bertz CT molecular complexity index is 727. The van der Waals surface area contributed by atoms with Crippen molar-refractivity contribution >= 4 is 23.0 Å². The van der Waals surface area contributed by atoms with E-state index in [1.807, 2.05) is 30.3 Å². The van der Waals surface area contributed by atoms with E-state index in [-0.39, 0.29) is 5.91 Å². The van der Waals surface area contributed by atoms with E-state index in [9.17, 15) is 4.79 Å². The minimum Gasteiger partial charge on any atom is -0.384 e. The summed E-state index contributed by atoms with van der Waals surface area (Å²) in [5.41, 5.74) is 3.17. The van der Waals surface area contributed by atoms with Crippen LogP contribution in [0.1, 0.15) is 36.7 Å². The number of nitrogens with one attached hydrogen (secondary N) is 2. The molecular formula is C21H28N4O2. The molecule has 3 rings (SSSR count). The molecule has 1 aliphatic heterocycles. The highest BCUT2D eigenvalue weighted by Crippen LogP contribution is 2.26. The Hall–Kier alpha value is -2.60. The van der Waals surface area contributed by atoms with Crippen LogP contribution in [0.3, 0.4) is 0 Å². The van der Waals surface area contributed by atoms with Crippen molar-refractivity contribution in [2.24, 2.45) is 0 Å². The Labute approximate surface area is 160 Å². The second-order valence-electron chi connectivity index (χ2n) is 6.64. The molecule has 2 aromatic rings. The number of morpholine rings is 1. The van der Waals surface area contributed by atoms with Gasteiger partial charge in [0.1, 0.15) is 5.69 Å². The van der Waals surface area contributed by atoms with Crippen molar-refractivity contribution in [1.82, 2.24) is 4.98 Å². The number of benzene rings is 1. The van der Waals surface area contributed by atoms with E-state index in [2.05, 4.69) is 27.4 Å². The molecule has 0 bridgehead atoms. The zero-order valence-corrected chi connectivity index (χ0v) is 15.9. The van der Waals surface area contributed by atoms with Crippen LogP contribution in [-0.4, -0.2) is 43.7 Å². The first-order chi connectivity index (χ1) is 13.3. The van der Waals surface area contributed by atoms with E-state index >= 15 is 0 Å². The maximum Gasteiger partial charge on any atom is 0.274 e. The first kappa shape index (κ1) is 19.2. The fraction of sp³-hybridized carbons (Fsp3) is 0.429. The number of carbonyl (C=O) groups excluding carboxylic acids is 1. The fourth-order valence-corrected chi connectivity index (χ4v) is 3.09. The van der Waals surface area contributed by atoms with Crippen LogP contribution in [0.5, 0.6) is 0 Å². The molecule has 0 saturated carbocycles. The quantitative estimate of drug-likeness (QED) is 0.694. The minimum absolute atomic E-state index is 0.201. The normalized spacial score (nSPS) is 14.0. The highest BCUT2D eigenvalue weighted by molar-refractivity contribution is 6.04. The predicted molar refractivity (Wildman–Crippen MR) is 110 cm³/mol. The van der Waals surface area contributed by atoms with Crippen LogP contribution in [0.4, 0.5) is 17.1 Å². The van der Waals surface area contributed by atoms with Crippen LogP contribution in [-0.2, 0) is 4.74 Å². The number of unbranched alkanes of at least 4 members (excludes halogenated alkanes) is 2. The molecule has 1 aromatic carbocycles. The average molecular weight is 368 g/mol. The molecule has 0 spiro atoms. The lowest BCUT2D eigenvalue weighted by Crippen LogP contribution is -2.36. The molecule has 2 heterocycles. The summed E-state index contributed by atoms with van der Waals surface area (Å²) in [7, 11) is 0. The summed E-state index contributed by atoms with van der Waals surface area (Å²) in [5, 5.41) is 6.33. The van der Waals surface area contributed by atoms with Crippen LogP contribution in [0.15, 0.2) is 42.6 Å². The van der Waals surface area contributed by atoms with Gasteiger partial charge in [0.2, 0.25) is 0 Å². The molecule has 0 aliphatic carbocycles. The largest absolute Gasteiger partial charge is 0.384 e. The highest BCUT2D eigenvalue weighted by Gasteiger charge is 2.16. The number of amides is 1. The number of nitrogens with zero attached hydrogens (tertiary/aromatic N) is 2. The molecule has 1 amide bonds. The summed E-state index contributed by atoms with van der Waals surface area (Å²) < 4.78 is 5.42. The van der Waals surface area contributed by atoms with Gasteiger partial charge in [-0.15, -0.1) is 0 Å². The predicted octanol–water partition coefficient (Wildman–Crippen LogP) is 3.77. The lowest BCUT2D eigenvalue weighted by atomic mass is 10.2. The number of pyridine rings is 1. The van der Waals surface area contributed by atoms with Gasteiger partial charge in [-0.1, -0.05) is 31.9 Å². The molecule has 0 unspecified atom stereocenters. The van der Waals surface area contributed by atoms with Gasteiger partial charge in [0.05, 0.1) is 36.5 Å². The van der Waals surface area contributed by atoms with E-state index in [4.69, 9.17) is 4.74 Å². The number of carbonyl (C=O) groups is 1. The minimum atomic E-state index is -0.201. The zero-order valence-electron chi connectivity index (χ0n) is 15.9. The zero-order chi connectivity index (χ0) is 18.9. The van der Waals surface area contributed by atoms with E-state index in [0.29, 0.717) is 18.9 Å². The second kappa shape index (κ2) is 9.92. The fourth-order valence-electron chi connectivity index (χ4n) is 3.09.